The Morgan fingerprint density at radius 3 is 2.52 bits per heavy atom. The molecule has 0 aliphatic carbocycles. The predicted molar refractivity (Wildman–Crippen MR) is 113 cm³/mol. The van der Waals surface area contributed by atoms with Crippen molar-refractivity contribution in [2.45, 2.75) is 26.8 Å². The first kappa shape index (κ1) is 20.3. The van der Waals surface area contributed by atoms with Crippen LogP contribution in [-0.4, -0.2) is 30.0 Å². The second kappa shape index (κ2) is 8.68. The topological polar surface area (TPSA) is 77.4 Å². The van der Waals surface area contributed by atoms with Gasteiger partial charge in [0.05, 0.1) is 31.6 Å². The summed E-state index contributed by atoms with van der Waals surface area (Å²) < 4.78 is 12.5. The number of carbonyl (C=O) groups excluding carboxylic acids is 1. The van der Waals surface area contributed by atoms with Crippen molar-refractivity contribution in [2.75, 3.05) is 19.5 Å². The number of aryl methyl sites for hydroxylation is 2. The summed E-state index contributed by atoms with van der Waals surface area (Å²) >= 11 is 0. The molecule has 0 aliphatic heterocycles. The molecule has 1 unspecified atom stereocenters. The van der Waals surface area contributed by atoms with Crippen molar-refractivity contribution in [3.63, 3.8) is 0 Å². The van der Waals surface area contributed by atoms with Crippen molar-refractivity contribution in [1.82, 2.24) is 15.1 Å². The van der Waals surface area contributed by atoms with Gasteiger partial charge < -0.3 is 20.1 Å². The summed E-state index contributed by atoms with van der Waals surface area (Å²) in [5.41, 5.74) is 4.37. The Hall–Kier alpha value is -3.48. The number of methoxy groups -OCH3 is 2. The number of amides is 2. The van der Waals surface area contributed by atoms with E-state index in [1.54, 1.807) is 14.2 Å². The average molecular weight is 394 g/mol. The molecule has 0 saturated carbocycles. The first-order valence-corrected chi connectivity index (χ1v) is 9.34. The van der Waals surface area contributed by atoms with E-state index in [2.05, 4.69) is 15.7 Å². The standard InChI is InChI=1S/C22H26N4O3/c1-14-11-15(2)26(25-14)18-8-6-7-17(12-18)24-22(27)23-16(3)20-13-19(28-4)9-10-21(20)29-5/h6-13,16H,1-5H3,(H2,23,24,27). The molecule has 7 nitrogen and oxygen atoms in total. The molecule has 1 heterocycles. The maximum Gasteiger partial charge on any atom is 0.319 e. The highest BCUT2D eigenvalue weighted by atomic mass is 16.5. The third kappa shape index (κ3) is 4.68. The van der Waals surface area contributed by atoms with E-state index in [0.29, 0.717) is 17.2 Å². The number of nitrogens with zero attached hydrogens (tertiary/aromatic N) is 2. The zero-order valence-corrected chi connectivity index (χ0v) is 17.3. The van der Waals surface area contributed by atoms with Gasteiger partial charge in [-0.1, -0.05) is 6.07 Å². The Balaban J connectivity index is 1.73. The number of nitrogens with one attached hydrogen (secondary N) is 2. The number of rotatable bonds is 6. The maximum atomic E-state index is 12.6. The largest absolute Gasteiger partial charge is 0.497 e. The Morgan fingerprint density at radius 2 is 1.86 bits per heavy atom. The minimum Gasteiger partial charge on any atom is -0.497 e. The van der Waals surface area contributed by atoms with E-state index in [1.165, 1.54) is 0 Å². The number of anilines is 1. The highest BCUT2D eigenvalue weighted by Crippen LogP contribution is 2.29. The van der Waals surface area contributed by atoms with Gasteiger partial charge in [-0.15, -0.1) is 0 Å². The molecule has 2 N–H and O–H groups in total. The lowest BCUT2D eigenvalue weighted by Crippen LogP contribution is -2.31. The number of urea groups is 1. The number of carbonyl (C=O) groups is 1. The first-order chi connectivity index (χ1) is 13.9. The molecule has 0 radical (unpaired) electrons. The smallest absolute Gasteiger partial charge is 0.319 e. The summed E-state index contributed by atoms with van der Waals surface area (Å²) in [4.78, 5) is 12.6. The van der Waals surface area contributed by atoms with Crippen LogP contribution in [0.2, 0.25) is 0 Å². The Labute approximate surface area is 170 Å². The predicted octanol–water partition coefficient (Wildman–Crippen LogP) is 4.39. The van der Waals surface area contributed by atoms with E-state index in [-0.39, 0.29) is 12.1 Å². The highest BCUT2D eigenvalue weighted by Gasteiger charge is 2.15. The van der Waals surface area contributed by atoms with E-state index >= 15 is 0 Å². The molecule has 152 valence electrons. The summed E-state index contributed by atoms with van der Waals surface area (Å²) in [5, 5.41) is 10.3. The molecule has 0 saturated heterocycles. The molecule has 1 atom stereocenters. The SMILES string of the molecule is COc1ccc(OC)c(C(C)NC(=O)Nc2cccc(-n3nc(C)cc3C)c2)c1. The Kier molecular flexibility index (Phi) is 6.07. The molecule has 3 aromatic rings. The number of benzene rings is 2. The number of ether oxygens (including phenoxy) is 2. The summed E-state index contributed by atoms with van der Waals surface area (Å²) in [6.45, 7) is 5.84. The van der Waals surface area contributed by atoms with Crippen molar-refractivity contribution in [2.24, 2.45) is 0 Å². The quantitative estimate of drug-likeness (QED) is 0.650. The van der Waals surface area contributed by atoms with Gasteiger partial charge in [-0.25, -0.2) is 9.48 Å². The average Bonchev–Trinajstić information content (AvgIpc) is 3.05. The van der Waals surface area contributed by atoms with Crippen molar-refractivity contribution >= 4 is 11.7 Å². The summed E-state index contributed by atoms with van der Waals surface area (Å²) in [7, 11) is 3.20. The van der Waals surface area contributed by atoms with Gasteiger partial charge in [0.15, 0.2) is 0 Å². The van der Waals surface area contributed by atoms with Crippen molar-refractivity contribution in [3.05, 3.63) is 65.5 Å². The Bertz CT molecular complexity index is 1010. The van der Waals surface area contributed by atoms with Crippen LogP contribution in [0.15, 0.2) is 48.5 Å². The molecular weight excluding hydrogens is 368 g/mol. The zero-order chi connectivity index (χ0) is 21.0. The van der Waals surface area contributed by atoms with Crippen LogP contribution >= 0.6 is 0 Å². The van der Waals surface area contributed by atoms with Crippen LogP contribution in [0.25, 0.3) is 5.69 Å². The van der Waals surface area contributed by atoms with Gasteiger partial charge in [0.2, 0.25) is 0 Å². The lowest BCUT2D eigenvalue weighted by molar-refractivity contribution is 0.249. The fourth-order valence-electron chi connectivity index (χ4n) is 3.23. The minimum absolute atomic E-state index is 0.278. The Morgan fingerprint density at radius 1 is 1.07 bits per heavy atom. The molecular formula is C22H26N4O3. The normalized spacial score (nSPS) is 11.6. The molecule has 1 aromatic heterocycles. The fourth-order valence-corrected chi connectivity index (χ4v) is 3.23. The van der Waals surface area contributed by atoms with Crippen LogP contribution in [0.1, 0.15) is 29.9 Å². The van der Waals surface area contributed by atoms with E-state index < -0.39 is 0 Å². The first-order valence-electron chi connectivity index (χ1n) is 9.34. The number of hydrogen-bond donors (Lipinski definition) is 2. The van der Waals surface area contributed by atoms with Gasteiger partial charge in [0.25, 0.3) is 0 Å². The van der Waals surface area contributed by atoms with E-state index in [9.17, 15) is 4.79 Å². The van der Waals surface area contributed by atoms with Crippen LogP contribution in [0.5, 0.6) is 11.5 Å². The van der Waals surface area contributed by atoms with Crippen molar-refractivity contribution < 1.29 is 14.3 Å². The molecule has 0 bridgehead atoms. The molecule has 2 amide bonds. The van der Waals surface area contributed by atoms with Crippen LogP contribution in [0, 0.1) is 13.8 Å². The van der Waals surface area contributed by atoms with E-state index in [4.69, 9.17) is 9.47 Å². The number of aromatic nitrogens is 2. The minimum atomic E-state index is -0.312. The molecule has 0 spiro atoms. The van der Waals surface area contributed by atoms with Gasteiger partial charge in [0, 0.05) is 16.9 Å². The highest BCUT2D eigenvalue weighted by molar-refractivity contribution is 5.89. The number of hydrogen-bond acceptors (Lipinski definition) is 4. The second-order valence-electron chi connectivity index (χ2n) is 6.82. The molecule has 3 rings (SSSR count). The second-order valence-corrected chi connectivity index (χ2v) is 6.82. The zero-order valence-electron chi connectivity index (χ0n) is 17.3. The van der Waals surface area contributed by atoms with Crippen LogP contribution in [-0.2, 0) is 0 Å². The van der Waals surface area contributed by atoms with Crippen molar-refractivity contribution in [1.29, 1.82) is 0 Å². The van der Waals surface area contributed by atoms with Crippen LogP contribution < -0.4 is 20.1 Å². The molecule has 2 aromatic carbocycles. The lowest BCUT2D eigenvalue weighted by atomic mass is 10.1. The van der Waals surface area contributed by atoms with Gasteiger partial charge in [0.1, 0.15) is 11.5 Å². The molecule has 7 heteroatoms. The van der Waals surface area contributed by atoms with Gasteiger partial charge in [-0.05, 0) is 63.2 Å². The van der Waals surface area contributed by atoms with E-state index in [0.717, 1.165) is 22.6 Å². The molecule has 0 aliphatic rings. The van der Waals surface area contributed by atoms with Gasteiger partial charge >= 0.3 is 6.03 Å². The monoisotopic (exact) mass is 394 g/mol. The summed E-state index contributed by atoms with van der Waals surface area (Å²) in [6, 6.07) is 14.5. The maximum absolute atomic E-state index is 12.6. The third-order valence-electron chi connectivity index (χ3n) is 4.61. The van der Waals surface area contributed by atoms with Gasteiger partial charge in [-0.2, -0.15) is 5.10 Å². The molecule has 0 fully saturated rings. The van der Waals surface area contributed by atoms with Crippen molar-refractivity contribution in [3.8, 4) is 17.2 Å². The van der Waals surface area contributed by atoms with Gasteiger partial charge in [-0.3, -0.25) is 0 Å². The fraction of sp³-hybridized carbons (Fsp3) is 0.273. The summed E-state index contributed by atoms with van der Waals surface area (Å²) in [6.07, 6.45) is 0. The summed E-state index contributed by atoms with van der Waals surface area (Å²) in [5.74, 6) is 1.39. The van der Waals surface area contributed by atoms with Crippen LogP contribution in [0.4, 0.5) is 10.5 Å². The lowest BCUT2D eigenvalue weighted by Gasteiger charge is -2.19. The van der Waals surface area contributed by atoms with Crippen LogP contribution in [0.3, 0.4) is 0 Å². The third-order valence-corrected chi connectivity index (χ3v) is 4.61. The molecule has 29 heavy (non-hydrogen) atoms. The van der Waals surface area contributed by atoms with E-state index in [1.807, 2.05) is 74.0 Å².